The van der Waals surface area contributed by atoms with E-state index in [-0.39, 0.29) is 12.0 Å². The Labute approximate surface area is 174 Å². The molecular weight excluding hydrogens is 389 g/mol. The highest BCUT2D eigenvalue weighted by molar-refractivity contribution is 5.34. The number of nitrogens with one attached hydrogen (secondary N) is 1. The third-order valence-electron chi connectivity index (χ3n) is 5.50. The maximum atomic E-state index is 13.1. The molecule has 2 aromatic carbocycles. The number of hydrogen-bond donors (Lipinski definition) is 1. The molecule has 0 unspecified atom stereocenters. The monoisotopic (exact) mass is 413 g/mol. The molecule has 4 rings (SSSR count). The second-order valence-corrected chi connectivity index (χ2v) is 7.59. The zero-order valence-corrected chi connectivity index (χ0v) is 16.7. The fourth-order valence-corrected chi connectivity index (χ4v) is 4.08. The molecule has 0 saturated carbocycles. The summed E-state index contributed by atoms with van der Waals surface area (Å²) in [6.45, 7) is 4.35. The van der Waals surface area contributed by atoms with Gasteiger partial charge in [0.15, 0.2) is 0 Å². The summed E-state index contributed by atoms with van der Waals surface area (Å²) in [5, 5.41) is 0. The van der Waals surface area contributed by atoms with E-state index < -0.39 is 11.9 Å². The Balaban J connectivity index is 1.55. The Hall–Kier alpha value is -2.93. The summed E-state index contributed by atoms with van der Waals surface area (Å²) in [4.78, 5) is 11.3. The van der Waals surface area contributed by atoms with Crippen LogP contribution in [-0.4, -0.2) is 36.1 Å². The van der Waals surface area contributed by atoms with Crippen LogP contribution in [0, 0.1) is 6.92 Å². The second kappa shape index (κ2) is 8.44. The van der Waals surface area contributed by atoms with Crippen molar-refractivity contribution in [2.24, 2.45) is 0 Å². The van der Waals surface area contributed by atoms with Crippen LogP contribution in [0.5, 0.6) is 0 Å². The summed E-state index contributed by atoms with van der Waals surface area (Å²) in [5.74, 6) is 0.164. The summed E-state index contributed by atoms with van der Waals surface area (Å²) >= 11 is 0. The largest absolute Gasteiger partial charge is 0.433 e. The first-order chi connectivity index (χ1) is 14.4. The number of aryl methyl sites for hydroxylation is 1. The number of quaternary nitrogens is 1. The molecule has 1 fully saturated rings. The van der Waals surface area contributed by atoms with Crippen molar-refractivity contribution in [1.82, 2.24) is 9.97 Å². The molecule has 156 valence electrons. The van der Waals surface area contributed by atoms with Gasteiger partial charge in [0.25, 0.3) is 0 Å². The van der Waals surface area contributed by atoms with Gasteiger partial charge < -0.3 is 9.80 Å². The van der Waals surface area contributed by atoms with Crippen molar-refractivity contribution in [2.45, 2.75) is 19.1 Å². The number of benzene rings is 2. The van der Waals surface area contributed by atoms with E-state index in [0.29, 0.717) is 18.8 Å². The van der Waals surface area contributed by atoms with Crippen molar-refractivity contribution in [3.8, 4) is 0 Å². The Morgan fingerprint density at radius 2 is 1.40 bits per heavy atom. The number of nitrogens with zero attached hydrogens (tertiary/aromatic N) is 3. The molecule has 1 aliphatic heterocycles. The topological polar surface area (TPSA) is 33.5 Å². The van der Waals surface area contributed by atoms with Crippen LogP contribution in [0.25, 0.3) is 0 Å². The Bertz CT molecular complexity index is 929. The van der Waals surface area contributed by atoms with Crippen LogP contribution in [-0.2, 0) is 6.18 Å². The molecule has 7 heteroatoms. The number of halogens is 3. The number of hydrogen-bond acceptors (Lipinski definition) is 3. The molecule has 4 nitrogen and oxygen atoms in total. The summed E-state index contributed by atoms with van der Waals surface area (Å²) in [6, 6.07) is 21.9. The molecule has 0 amide bonds. The van der Waals surface area contributed by atoms with Crippen molar-refractivity contribution in [2.75, 3.05) is 31.1 Å². The molecule has 0 bridgehead atoms. The van der Waals surface area contributed by atoms with Crippen LogP contribution in [0.15, 0.2) is 66.7 Å². The lowest BCUT2D eigenvalue weighted by Crippen LogP contribution is -3.15. The van der Waals surface area contributed by atoms with Crippen molar-refractivity contribution in [3.63, 3.8) is 0 Å². The van der Waals surface area contributed by atoms with Gasteiger partial charge in [-0.1, -0.05) is 60.7 Å². The van der Waals surface area contributed by atoms with Gasteiger partial charge in [0, 0.05) is 16.8 Å². The number of piperazine rings is 1. The smallest absolute Gasteiger partial charge is 0.330 e. The molecule has 30 heavy (non-hydrogen) atoms. The maximum absolute atomic E-state index is 13.1. The second-order valence-electron chi connectivity index (χ2n) is 7.59. The van der Waals surface area contributed by atoms with Gasteiger partial charge >= 0.3 is 6.18 Å². The third kappa shape index (κ3) is 4.46. The van der Waals surface area contributed by atoms with E-state index in [1.807, 2.05) is 41.3 Å². The molecule has 1 N–H and O–H groups in total. The average molecular weight is 413 g/mol. The normalized spacial score (nSPS) is 15.6. The van der Waals surface area contributed by atoms with E-state index in [1.54, 1.807) is 6.92 Å². The first-order valence-corrected chi connectivity index (χ1v) is 10.0. The molecule has 0 aliphatic carbocycles. The molecule has 3 aromatic rings. The van der Waals surface area contributed by atoms with Gasteiger partial charge in [0.1, 0.15) is 11.7 Å². The Morgan fingerprint density at radius 1 is 0.867 bits per heavy atom. The lowest BCUT2D eigenvalue weighted by Gasteiger charge is -2.37. The first-order valence-electron chi connectivity index (χ1n) is 10.0. The highest BCUT2D eigenvalue weighted by Gasteiger charge is 2.35. The minimum atomic E-state index is -4.47. The standard InChI is InChI=1S/C23H23F3N4/c1-17-16-20(23(24,25)26)28-22(27-17)30-14-12-29(13-15-30)21(18-8-4-2-5-9-18)19-10-6-3-7-11-19/h2-11,16,21H,12-15H2,1H3/p+1. The molecule has 2 heterocycles. The van der Waals surface area contributed by atoms with Gasteiger partial charge in [0.05, 0.1) is 26.2 Å². The van der Waals surface area contributed by atoms with E-state index in [9.17, 15) is 13.2 Å². The van der Waals surface area contributed by atoms with E-state index in [2.05, 4.69) is 34.2 Å². The van der Waals surface area contributed by atoms with Gasteiger partial charge in [-0.05, 0) is 13.0 Å². The van der Waals surface area contributed by atoms with Crippen LogP contribution in [0.1, 0.15) is 28.6 Å². The summed E-state index contributed by atoms with van der Waals surface area (Å²) < 4.78 is 39.4. The summed E-state index contributed by atoms with van der Waals surface area (Å²) in [6.07, 6.45) is -4.47. The Morgan fingerprint density at radius 3 is 1.90 bits per heavy atom. The molecule has 1 aliphatic rings. The van der Waals surface area contributed by atoms with Gasteiger partial charge in [-0.3, -0.25) is 0 Å². The Kier molecular flexibility index (Phi) is 5.72. The van der Waals surface area contributed by atoms with E-state index in [1.165, 1.54) is 16.0 Å². The minimum absolute atomic E-state index is 0.164. The molecule has 1 aromatic heterocycles. The van der Waals surface area contributed by atoms with Gasteiger partial charge in [0.2, 0.25) is 5.95 Å². The van der Waals surface area contributed by atoms with E-state index in [0.717, 1.165) is 19.2 Å². The minimum Gasteiger partial charge on any atom is -0.330 e. The summed E-state index contributed by atoms with van der Waals surface area (Å²) in [7, 11) is 0. The summed E-state index contributed by atoms with van der Waals surface area (Å²) in [5.41, 5.74) is 1.91. The quantitative estimate of drug-likeness (QED) is 0.713. The van der Waals surface area contributed by atoms with Crippen molar-refractivity contribution < 1.29 is 18.1 Å². The molecule has 0 radical (unpaired) electrons. The average Bonchev–Trinajstić information content (AvgIpc) is 2.75. The lowest BCUT2D eigenvalue weighted by molar-refractivity contribution is -0.926. The molecular formula is C23H24F3N4+. The number of anilines is 1. The van der Waals surface area contributed by atoms with Crippen LogP contribution in [0.4, 0.5) is 19.1 Å². The molecule has 0 atom stereocenters. The van der Waals surface area contributed by atoms with Crippen LogP contribution < -0.4 is 9.80 Å². The fraction of sp³-hybridized carbons (Fsp3) is 0.304. The number of alkyl halides is 3. The van der Waals surface area contributed by atoms with Gasteiger partial charge in [-0.15, -0.1) is 0 Å². The van der Waals surface area contributed by atoms with Gasteiger partial charge in [-0.25, -0.2) is 9.97 Å². The number of rotatable bonds is 4. The van der Waals surface area contributed by atoms with Crippen molar-refractivity contribution >= 4 is 5.95 Å². The van der Waals surface area contributed by atoms with Crippen molar-refractivity contribution in [3.05, 3.63) is 89.2 Å². The fourth-order valence-electron chi connectivity index (χ4n) is 4.08. The zero-order valence-electron chi connectivity index (χ0n) is 16.7. The highest BCUT2D eigenvalue weighted by atomic mass is 19.4. The zero-order chi connectivity index (χ0) is 21.1. The molecule has 0 spiro atoms. The van der Waals surface area contributed by atoms with Crippen LogP contribution in [0.2, 0.25) is 0 Å². The maximum Gasteiger partial charge on any atom is 0.433 e. The predicted molar refractivity (Wildman–Crippen MR) is 109 cm³/mol. The van der Waals surface area contributed by atoms with Crippen LogP contribution in [0.3, 0.4) is 0 Å². The van der Waals surface area contributed by atoms with E-state index in [4.69, 9.17) is 0 Å². The van der Waals surface area contributed by atoms with Gasteiger partial charge in [-0.2, -0.15) is 13.2 Å². The lowest BCUT2D eigenvalue weighted by atomic mass is 9.96. The SMILES string of the molecule is Cc1cc(C(F)(F)F)nc(N2CC[NH+](C(c3ccccc3)c3ccccc3)CC2)n1. The first kappa shape index (κ1) is 20.3. The van der Waals surface area contributed by atoms with E-state index >= 15 is 0 Å². The number of aromatic nitrogens is 2. The predicted octanol–water partition coefficient (Wildman–Crippen LogP) is 3.30. The third-order valence-corrected chi connectivity index (χ3v) is 5.50. The van der Waals surface area contributed by atoms with Crippen LogP contribution >= 0.6 is 0 Å². The van der Waals surface area contributed by atoms with Crippen molar-refractivity contribution in [1.29, 1.82) is 0 Å². The highest BCUT2D eigenvalue weighted by Crippen LogP contribution is 2.29. The molecule has 1 saturated heterocycles.